The molecule has 0 radical (unpaired) electrons. The van der Waals surface area contributed by atoms with E-state index in [1.165, 1.54) is 0 Å². The highest BCUT2D eigenvalue weighted by Crippen LogP contribution is 2.38. The van der Waals surface area contributed by atoms with E-state index in [1.807, 2.05) is 74.5 Å². The number of nitrogens with zero attached hydrogens (tertiary/aromatic N) is 2. The Labute approximate surface area is 206 Å². The maximum atomic E-state index is 12.9. The first-order valence-corrected chi connectivity index (χ1v) is 12.4. The predicted octanol–water partition coefficient (Wildman–Crippen LogP) is 4.56. The third-order valence-corrected chi connectivity index (χ3v) is 7.49. The number of aryl methyl sites for hydroxylation is 1. The highest BCUT2D eigenvalue weighted by Gasteiger charge is 2.41. The van der Waals surface area contributed by atoms with E-state index in [9.17, 15) is 9.59 Å². The predicted molar refractivity (Wildman–Crippen MR) is 138 cm³/mol. The van der Waals surface area contributed by atoms with Gasteiger partial charge >= 0.3 is 0 Å². The standard InChI is InChI=1S/C29H32N4O2/c1-19-7-6-10-26(20(19)2)29(35)32-23-15-24-12-13-25(16-23)33(24)27-14-11-22(18-30-27)28(34)31-17-21-8-4-3-5-9-21/h3-11,14,18,23-25H,12-13,15-17H2,1-2H3,(H,31,34)(H,32,35)/t23-,24+,25-. The summed E-state index contributed by atoms with van der Waals surface area (Å²) in [7, 11) is 0. The van der Waals surface area contributed by atoms with E-state index in [2.05, 4.69) is 20.5 Å². The van der Waals surface area contributed by atoms with Crippen LogP contribution < -0.4 is 15.5 Å². The van der Waals surface area contributed by atoms with Gasteiger partial charge < -0.3 is 15.5 Å². The Hall–Kier alpha value is -3.67. The van der Waals surface area contributed by atoms with Crippen molar-refractivity contribution in [2.24, 2.45) is 0 Å². The molecule has 180 valence electrons. The third-order valence-electron chi connectivity index (χ3n) is 7.49. The number of amides is 2. The molecule has 3 atom stereocenters. The normalized spacial score (nSPS) is 21.0. The Balaban J connectivity index is 1.20. The molecule has 6 nitrogen and oxygen atoms in total. The number of carbonyl (C=O) groups is 2. The summed E-state index contributed by atoms with van der Waals surface area (Å²) in [4.78, 5) is 32.5. The Morgan fingerprint density at radius 3 is 2.34 bits per heavy atom. The summed E-state index contributed by atoms with van der Waals surface area (Å²) < 4.78 is 0. The summed E-state index contributed by atoms with van der Waals surface area (Å²) in [5.74, 6) is 0.813. The maximum absolute atomic E-state index is 12.9. The van der Waals surface area contributed by atoms with Crippen LogP contribution in [0.3, 0.4) is 0 Å². The molecular formula is C29H32N4O2. The molecule has 2 saturated heterocycles. The molecule has 6 heteroatoms. The van der Waals surface area contributed by atoms with Gasteiger partial charge in [0.1, 0.15) is 5.82 Å². The zero-order chi connectivity index (χ0) is 24.4. The molecular weight excluding hydrogens is 436 g/mol. The van der Waals surface area contributed by atoms with Crippen LogP contribution in [0, 0.1) is 13.8 Å². The van der Waals surface area contributed by atoms with Crippen molar-refractivity contribution in [2.45, 2.75) is 64.2 Å². The van der Waals surface area contributed by atoms with Gasteiger partial charge in [-0.25, -0.2) is 4.98 Å². The first-order chi connectivity index (χ1) is 17.0. The van der Waals surface area contributed by atoms with Crippen molar-refractivity contribution in [1.29, 1.82) is 0 Å². The molecule has 2 amide bonds. The number of aromatic nitrogens is 1. The highest BCUT2D eigenvalue weighted by atomic mass is 16.2. The lowest BCUT2D eigenvalue weighted by atomic mass is 9.96. The maximum Gasteiger partial charge on any atom is 0.253 e. The minimum Gasteiger partial charge on any atom is -0.350 e. The van der Waals surface area contributed by atoms with Gasteiger partial charge in [0.05, 0.1) is 5.56 Å². The van der Waals surface area contributed by atoms with Gasteiger partial charge in [-0.2, -0.15) is 0 Å². The number of anilines is 1. The Morgan fingerprint density at radius 1 is 0.914 bits per heavy atom. The molecule has 2 aromatic carbocycles. The van der Waals surface area contributed by atoms with E-state index in [1.54, 1.807) is 6.20 Å². The topological polar surface area (TPSA) is 74.3 Å². The first-order valence-electron chi connectivity index (χ1n) is 12.4. The number of pyridine rings is 1. The fourth-order valence-electron chi connectivity index (χ4n) is 5.48. The van der Waals surface area contributed by atoms with Crippen LogP contribution in [0.25, 0.3) is 0 Å². The Kier molecular flexibility index (Phi) is 6.53. The molecule has 3 aromatic rings. The SMILES string of the molecule is Cc1cccc(C(=O)N[C@H]2C[C@H]3CC[C@@H](C2)N3c2ccc(C(=O)NCc3ccccc3)cn2)c1C. The van der Waals surface area contributed by atoms with Crippen LogP contribution in [0.4, 0.5) is 5.82 Å². The number of rotatable bonds is 6. The molecule has 0 unspecified atom stereocenters. The van der Waals surface area contributed by atoms with E-state index in [-0.39, 0.29) is 17.9 Å². The van der Waals surface area contributed by atoms with Gasteiger partial charge in [-0.05, 0) is 74.4 Å². The molecule has 5 rings (SSSR count). The van der Waals surface area contributed by atoms with E-state index in [0.29, 0.717) is 24.2 Å². The van der Waals surface area contributed by atoms with E-state index < -0.39 is 0 Å². The number of piperidine rings is 1. The number of hydrogen-bond donors (Lipinski definition) is 2. The summed E-state index contributed by atoms with van der Waals surface area (Å²) in [5, 5.41) is 6.24. The lowest BCUT2D eigenvalue weighted by Gasteiger charge is -2.40. The molecule has 2 fully saturated rings. The van der Waals surface area contributed by atoms with Crippen LogP contribution in [0.2, 0.25) is 0 Å². The summed E-state index contributed by atoms with van der Waals surface area (Å²) in [6.07, 6.45) is 5.69. The van der Waals surface area contributed by atoms with E-state index in [4.69, 9.17) is 0 Å². The molecule has 0 saturated carbocycles. The second-order valence-corrected chi connectivity index (χ2v) is 9.75. The second kappa shape index (κ2) is 9.90. The van der Waals surface area contributed by atoms with Gasteiger partial charge in [-0.15, -0.1) is 0 Å². The summed E-state index contributed by atoms with van der Waals surface area (Å²) in [6.45, 7) is 4.54. The third kappa shape index (κ3) is 4.92. The Bertz CT molecular complexity index is 1200. The van der Waals surface area contributed by atoms with E-state index in [0.717, 1.165) is 53.8 Å². The summed E-state index contributed by atoms with van der Waals surface area (Å²) >= 11 is 0. The number of fused-ring (bicyclic) bond motifs is 2. The van der Waals surface area contributed by atoms with Crippen LogP contribution in [0.5, 0.6) is 0 Å². The van der Waals surface area contributed by atoms with Gasteiger partial charge in [-0.3, -0.25) is 9.59 Å². The molecule has 2 aliphatic rings. The molecule has 1 aromatic heterocycles. The quantitative estimate of drug-likeness (QED) is 0.556. The largest absolute Gasteiger partial charge is 0.350 e. The fourth-order valence-corrected chi connectivity index (χ4v) is 5.48. The van der Waals surface area contributed by atoms with Crippen LogP contribution in [-0.4, -0.2) is 34.9 Å². The molecule has 0 aliphatic carbocycles. The lowest BCUT2D eigenvalue weighted by molar-refractivity contribution is 0.0924. The van der Waals surface area contributed by atoms with Crippen molar-refractivity contribution in [2.75, 3.05) is 4.90 Å². The highest BCUT2D eigenvalue weighted by molar-refractivity contribution is 5.96. The minimum absolute atomic E-state index is 0.0213. The molecule has 35 heavy (non-hydrogen) atoms. The molecule has 2 N–H and O–H groups in total. The fraction of sp³-hybridized carbons (Fsp3) is 0.345. The summed E-state index contributed by atoms with van der Waals surface area (Å²) in [5.41, 5.74) is 4.57. The van der Waals surface area contributed by atoms with Crippen molar-refractivity contribution in [3.63, 3.8) is 0 Å². The van der Waals surface area contributed by atoms with Crippen molar-refractivity contribution < 1.29 is 9.59 Å². The molecule has 2 aliphatic heterocycles. The lowest BCUT2D eigenvalue weighted by Crippen LogP contribution is -2.50. The number of hydrogen-bond acceptors (Lipinski definition) is 4. The molecule has 2 bridgehead atoms. The van der Waals surface area contributed by atoms with Crippen molar-refractivity contribution in [3.8, 4) is 0 Å². The first kappa shape index (κ1) is 23.1. The van der Waals surface area contributed by atoms with Crippen molar-refractivity contribution >= 4 is 17.6 Å². The average molecular weight is 469 g/mol. The van der Waals surface area contributed by atoms with Gasteiger partial charge in [0.2, 0.25) is 0 Å². The van der Waals surface area contributed by atoms with Crippen LogP contribution in [0.1, 0.15) is 63.1 Å². The van der Waals surface area contributed by atoms with Gasteiger partial charge in [0.15, 0.2) is 0 Å². The average Bonchev–Trinajstić information content (AvgIpc) is 3.14. The van der Waals surface area contributed by atoms with Crippen LogP contribution in [0.15, 0.2) is 66.9 Å². The summed E-state index contributed by atoms with van der Waals surface area (Å²) in [6, 6.07) is 20.4. The van der Waals surface area contributed by atoms with Gasteiger partial charge in [-0.1, -0.05) is 42.5 Å². The van der Waals surface area contributed by atoms with E-state index >= 15 is 0 Å². The molecule has 0 spiro atoms. The zero-order valence-electron chi connectivity index (χ0n) is 20.3. The second-order valence-electron chi connectivity index (χ2n) is 9.75. The Morgan fingerprint density at radius 2 is 1.66 bits per heavy atom. The number of carbonyl (C=O) groups excluding carboxylic acids is 2. The minimum atomic E-state index is -0.122. The van der Waals surface area contributed by atoms with Crippen molar-refractivity contribution in [3.05, 3.63) is 94.7 Å². The smallest absolute Gasteiger partial charge is 0.253 e. The van der Waals surface area contributed by atoms with Gasteiger partial charge in [0.25, 0.3) is 11.8 Å². The van der Waals surface area contributed by atoms with Gasteiger partial charge in [0, 0.05) is 36.4 Å². The van der Waals surface area contributed by atoms with Crippen LogP contribution >= 0.6 is 0 Å². The monoisotopic (exact) mass is 468 g/mol. The van der Waals surface area contributed by atoms with Crippen molar-refractivity contribution in [1.82, 2.24) is 15.6 Å². The zero-order valence-corrected chi connectivity index (χ0v) is 20.3. The number of nitrogens with one attached hydrogen (secondary N) is 2. The number of benzene rings is 2. The van der Waals surface area contributed by atoms with Crippen LogP contribution in [-0.2, 0) is 6.54 Å². The molecule has 3 heterocycles.